The van der Waals surface area contributed by atoms with Gasteiger partial charge in [-0.3, -0.25) is 14.5 Å². The highest BCUT2D eigenvalue weighted by atomic mass is 35.5. The van der Waals surface area contributed by atoms with E-state index in [0.717, 1.165) is 9.60 Å². The van der Waals surface area contributed by atoms with Crippen molar-refractivity contribution in [2.45, 2.75) is 12.5 Å². The summed E-state index contributed by atoms with van der Waals surface area (Å²) in [6.07, 6.45) is 0. The van der Waals surface area contributed by atoms with Crippen molar-refractivity contribution in [2.75, 3.05) is 11.9 Å². The highest BCUT2D eigenvalue weighted by Gasteiger charge is 2.49. The highest BCUT2D eigenvalue weighted by molar-refractivity contribution is 7.22. The number of anilines is 1. The van der Waals surface area contributed by atoms with Crippen LogP contribution in [0, 0.1) is 0 Å². The summed E-state index contributed by atoms with van der Waals surface area (Å²) in [7, 11) is 0. The normalized spacial score (nSPS) is 19.1. The lowest BCUT2D eigenvalue weighted by atomic mass is 9.92. The van der Waals surface area contributed by atoms with Gasteiger partial charge in [0.1, 0.15) is 12.1 Å². The Balaban J connectivity index is 1.49. The Morgan fingerprint density at radius 3 is 2.75 bits per heavy atom. The predicted octanol–water partition coefficient (Wildman–Crippen LogP) is 3.36. The Morgan fingerprint density at radius 2 is 2.00 bits per heavy atom. The monoisotopic (exact) mass is 414 g/mol. The quantitative estimate of drug-likeness (QED) is 0.640. The molecule has 1 fully saturated rings. The third-order valence-electron chi connectivity index (χ3n) is 4.52. The van der Waals surface area contributed by atoms with Gasteiger partial charge in [0.05, 0.1) is 10.2 Å². The number of benzene rings is 2. The Labute approximate surface area is 169 Å². The van der Waals surface area contributed by atoms with Gasteiger partial charge in [-0.05, 0) is 30.7 Å². The molecule has 1 aliphatic rings. The molecule has 0 aliphatic carbocycles. The fourth-order valence-electron chi connectivity index (χ4n) is 3.06. The van der Waals surface area contributed by atoms with E-state index in [2.05, 4.69) is 15.6 Å². The van der Waals surface area contributed by atoms with Crippen LogP contribution in [-0.2, 0) is 15.1 Å². The molecule has 1 saturated heterocycles. The summed E-state index contributed by atoms with van der Waals surface area (Å²) in [5.41, 5.74) is 0.154. The van der Waals surface area contributed by atoms with E-state index < -0.39 is 29.9 Å². The molecule has 1 aliphatic heterocycles. The molecular formula is C19H15ClN4O3S. The van der Waals surface area contributed by atoms with Crippen molar-refractivity contribution in [2.24, 2.45) is 0 Å². The minimum atomic E-state index is -1.20. The minimum Gasteiger partial charge on any atom is -0.319 e. The molecular weight excluding hydrogens is 400 g/mol. The fourth-order valence-corrected chi connectivity index (χ4v) is 4.22. The zero-order valence-corrected chi connectivity index (χ0v) is 16.3. The number of carbonyl (C=O) groups is 3. The number of urea groups is 1. The molecule has 9 heteroatoms. The first-order valence-electron chi connectivity index (χ1n) is 8.42. The summed E-state index contributed by atoms with van der Waals surface area (Å²) in [5, 5.41) is 6.26. The average molecular weight is 415 g/mol. The van der Waals surface area contributed by atoms with Crippen molar-refractivity contribution in [3.63, 3.8) is 0 Å². The van der Waals surface area contributed by atoms with Crippen molar-refractivity contribution >= 4 is 56.1 Å². The predicted molar refractivity (Wildman–Crippen MR) is 107 cm³/mol. The van der Waals surface area contributed by atoms with Gasteiger partial charge >= 0.3 is 6.03 Å². The molecule has 2 N–H and O–H groups in total. The molecule has 1 unspecified atom stereocenters. The molecule has 4 amide bonds. The van der Waals surface area contributed by atoms with Crippen molar-refractivity contribution in [1.29, 1.82) is 0 Å². The SMILES string of the molecule is CC1(c2ccccc2)NC(=O)N(CC(=O)Nc2nc3ccc(Cl)cc3s2)C1=O. The number of nitrogens with zero attached hydrogens (tertiary/aromatic N) is 2. The molecule has 3 aromatic rings. The minimum absolute atomic E-state index is 0.375. The van der Waals surface area contributed by atoms with Crippen LogP contribution >= 0.6 is 22.9 Å². The van der Waals surface area contributed by atoms with E-state index in [1.807, 2.05) is 6.07 Å². The van der Waals surface area contributed by atoms with Crippen LogP contribution in [0.5, 0.6) is 0 Å². The van der Waals surface area contributed by atoms with Crippen LogP contribution in [-0.4, -0.2) is 34.3 Å². The van der Waals surface area contributed by atoms with E-state index in [-0.39, 0.29) is 0 Å². The number of amides is 4. The average Bonchev–Trinajstić information content (AvgIpc) is 3.15. The van der Waals surface area contributed by atoms with Crippen molar-refractivity contribution in [3.8, 4) is 0 Å². The maximum atomic E-state index is 12.8. The standard InChI is InChI=1S/C19H15ClN4O3S/c1-19(11-5-3-2-4-6-11)16(26)24(18(27)23-19)10-15(25)22-17-21-13-8-7-12(20)9-14(13)28-17/h2-9H,10H2,1H3,(H,23,27)(H,21,22,25). The maximum absolute atomic E-state index is 12.8. The number of imide groups is 1. The third kappa shape index (κ3) is 3.21. The third-order valence-corrected chi connectivity index (χ3v) is 5.69. The van der Waals surface area contributed by atoms with E-state index >= 15 is 0 Å². The number of carbonyl (C=O) groups excluding carboxylic acids is 3. The number of halogens is 1. The summed E-state index contributed by atoms with van der Waals surface area (Å²) >= 11 is 7.22. The van der Waals surface area contributed by atoms with Crippen LogP contribution in [0.15, 0.2) is 48.5 Å². The van der Waals surface area contributed by atoms with Crippen LogP contribution < -0.4 is 10.6 Å². The van der Waals surface area contributed by atoms with Gasteiger partial charge in [0.25, 0.3) is 5.91 Å². The van der Waals surface area contributed by atoms with Crippen LogP contribution in [0.2, 0.25) is 5.02 Å². The van der Waals surface area contributed by atoms with E-state index in [9.17, 15) is 14.4 Å². The fraction of sp³-hybridized carbons (Fsp3) is 0.158. The number of nitrogens with one attached hydrogen (secondary N) is 2. The van der Waals surface area contributed by atoms with Gasteiger partial charge < -0.3 is 10.6 Å². The van der Waals surface area contributed by atoms with Gasteiger partial charge in [-0.25, -0.2) is 9.78 Å². The summed E-state index contributed by atoms with van der Waals surface area (Å²) in [4.78, 5) is 42.8. The van der Waals surface area contributed by atoms with E-state index in [1.54, 1.807) is 49.4 Å². The number of rotatable bonds is 4. The topological polar surface area (TPSA) is 91.4 Å². The Morgan fingerprint density at radius 1 is 1.25 bits per heavy atom. The Bertz CT molecular complexity index is 1100. The van der Waals surface area contributed by atoms with Gasteiger partial charge in [-0.1, -0.05) is 53.3 Å². The molecule has 7 nitrogen and oxygen atoms in total. The lowest BCUT2D eigenvalue weighted by Crippen LogP contribution is -2.42. The second-order valence-corrected chi connectivity index (χ2v) is 7.96. The van der Waals surface area contributed by atoms with E-state index in [1.165, 1.54) is 11.3 Å². The largest absolute Gasteiger partial charge is 0.325 e. The second-order valence-electron chi connectivity index (χ2n) is 6.49. The highest BCUT2D eigenvalue weighted by Crippen LogP contribution is 2.30. The van der Waals surface area contributed by atoms with Gasteiger partial charge in [0.15, 0.2) is 5.13 Å². The first-order valence-corrected chi connectivity index (χ1v) is 9.62. The molecule has 0 saturated carbocycles. The lowest BCUT2D eigenvalue weighted by Gasteiger charge is -2.21. The summed E-state index contributed by atoms with van der Waals surface area (Å²) in [5.74, 6) is -0.985. The van der Waals surface area contributed by atoms with Crippen LogP contribution in [0.25, 0.3) is 10.2 Å². The van der Waals surface area contributed by atoms with Crippen molar-refractivity contribution < 1.29 is 14.4 Å². The number of fused-ring (bicyclic) bond motifs is 1. The van der Waals surface area contributed by atoms with Gasteiger partial charge in [-0.2, -0.15) is 0 Å². The molecule has 4 rings (SSSR count). The number of thiazole rings is 1. The molecule has 1 aromatic heterocycles. The molecule has 142 valence electrons. The molecule has 2 heterocycles. The molecule has 1 atom stereocenters. The zero-order chi connectivity index (χ0) is 19.9. The number of hydrogen-bond acceptors (Lipinski definition) is 5. The lowest BCUT2D eigenvalue weighted by molar-refractivity contribution is -0.133. The summed E-state index contributed by atoms with van der Waals surface area (Å²) in [6, 6.07) is 13.5. The van der Waals surface area contributed by atoms with Gasteiger partial charge in [0, 0.05) is 5.02 Å². The Kier molecular flexibility index (Phi) is 4.52. The van der Waals surface area contributed by atoms with Crippen molar-refractivity contribution in [1.82, 2.24) is 15.2 Å². The van der Waals surface area contributed by atoms with Crippen LogP contribution in [0.3, 0.4) is 0 Å². The molecule has 0 radical (unpaired) electrons. The summed E-state index contributed by atoms with van der Waals surface area (Å²) in [6.45, 7) is 1.22. The molecule has 0 bridgehead atoms. The van der Waals surface area contributed by atoms with E-state index in [0.29, 0.717) is 21.2 Å². The smallest absolute Gasteiger partial charge is 0.319 e. The first kappa shape index (κ1) is 18.4. The van der Waals surface area contributed by atoms with E-state index in [4.69, 9.17) is 11.6 Å². The molecule has 0 spiro atoms. The van der Waals surface area contributed by atoms with Crippen molar-refractivity contribution in [3.05, 3.63) is 59.1 Å². The Hall–Kier alpha value is -2.97. The zero-order valence-electron chi connectivity index (χ0n) is 14.7. The van der Waals surface area contributed by atoms with Crippen LogP contribution in [0.1, 0.15) is 12.5 Å². The second kappa shape index (κ2) is 6.88. The summed E-state index contributed by atoms with van der Waals surface area (Å²) < 4.78 is 0.828. The van der Waals surface area contributed by atoms with Gasteiger partial charge in [-0.15, -0.1) is 0 Å². The first-order chi connectivity index (χ1) is 13.4. The number of hydrogen-bond donors (Lipinski definition) is 2. The van der Waals surface area contributed by atoms with Gasteiger partial charge in [0.2, 0.25) is 5.91 Å². The maximum Gasteiger partial charge on any atom is 0.325 e. The molecule has 28 heavy (non-hydrogen) atoms. The number of aromatic nitrogens is 1. The van der Waals surface area contributed by atoms with Crippen LogP contribution in [0.4, 0.5) is 9.93 Å². The molecule has 2 aromatic carbocycles.